The highest BCUT2D eigenvalue weighted by molar-refractivity contribution is 6.74. The predicted molar refractivity (Wildman–Crippen MR) is 172 cm³/mol. The largest absolute Gasteiger partial charge is 0.463 e. The number of esters is 2. The lowest BCUT2D eigenvalue weighted by atomic mass is 9.93. The molecule has 0 amide bonds. The van der Waals surface area contributed by atoms with Gasteiger partial charge >= 0.3 is 11.9 Å². The Balaban J connectivity index is 1.73. The van der Waals surface area contributed by atoms with Crippen molar-refractivity contribution in [3.05, 3.63) is 53.2 Å². The molecule has 1 aromatic carbocycles. The summed E-state index contributed by atoms with van der Waals surface area (Å²) in [6.07, 6.45) is -0.0747. The van der Waals surface area contributed by atoms with Crippen LogP contribution in [0.3, 0.4) is 0 Å². The molecule has 3 aromatic rings. The number of carbonyl (C=O) groups excluding carboxylic acids is 2. The number of halogens is 1. The van der Waals surface area contributed by atoms with E-state index in [4.69, 9.17) is 35.0 Å². The molecule has 1 fully saturated rings. The molecule has 3 heterocycles. The molecule has 0 radical (unpaired) electrons. The molecule has 1 aliphatic rings. The fraction of sp³-hybridized carbons (Fsp3) is 0.594. The van der Waals surface area contributed by atoms with Gasteiger partial charge in [0.05, 0.1) is 44.0 Å². The normalized spacial score (nSPS) is 20.8. The number of rotatable bonds is 12. The molecule has 1 aliphatic heterocycles. The molecular formula is C32H45ClN4O7Si. The van der Waals surface area contributed by atoms with Crippen LogP contribution >= 0.6 is 11.6 Å². The van der Waals surface area contributed by atoms with Gasteiger partial charge in [-0.2, -0.15) is 4.98 Å². The zero-order valence-corrected chi connectivity index (χ0v) is 29.4. The average Bonchev–Trinajstić information content (AvgIpc) is 3.51. The number of imidazole rings is 1. The van der Waals surface area contributed by atoms with Crippen LogP contribution < -0.4 is 0 Å². The summed E-state index contributed by atoms with van der Waals surface area (Å²) in [6.45, 7) is 18.1. The van der Waals surface area contributed by atoms with Gasteiger partial charge in [0.2, 0.25) is 5.28 Å². The second kappa shape index (κ2) is 13.8. The van der Waals surface area contributed by atoms with Crippen molar-refractivity contribution in [2.45, 2.75) is 97.1 Å². The number of aryl methyl sites for hydroxylation is 1. The quantitative estimate of drug-likeness (QED) is 0.101. The van der Waals surface area contributed by atoms with Gasteiger partial charge in [0, 0.05) is 12.3 Å². The van der Waals surface area contributed by atoms with Crippen molar-refractivity contribution in [3.8, 4) is 0 Å². The van der Waals surface area contributed by atoms with E-state index in [-0.39, 0.29) is 42.5 Å². The molecule has 246 valence electrons. The number of nitrogens with zero attached hydrogens (tertiary/aromatic N) is 4. The Morgan fingerprint density at radius 3 is 2.24 bits per heavy atom. The van der Waals surface area contributed by atoms with Gasteiger partial charge in [-0.15, -0.1) is 0 Å². The number of carbonyl (C=O) groups is 2. The minimum atomic E-state index is -2.31. The molecule has 0 saturated carbocycles. The SMILES string of the molecule is CCOC(=O)C(Cc1ccccc1)(OC[C@H]1O[C@@H](n2cnc3c(C)nc(Cl)nc32)C(O[Si](C)(C)C(C)(C)C)[C@@H]1C)C(=O)OCC. The van der Waals surface area contributed by atoms with Gasteiger partial charge < -0.3 is 23.4 Å². The predicted octanol–water partition coefficient (Wildman–Crippen LogP) is 5.84. The van der Waals surface area contributed by atoms with E-state index in [1.807, 2.05) is 48.7 Å². The third kappa shape index (κ3) is 7.25. The minimum absolute atomic E-state index is 0.0660. The highest BCUT2D eigenvalue weighted by Crippen LogP contribution is 2.44. The van der Waals surface area contributed by atoms with Gasteiger partial charge in [0.25, 0.3) is 5.60 Å². The van der Waals surface area contributed by atoms with Crippen LogP contribution in [0, 0.1) is 12.8 Å². The van der Waals surface area contributed by atoms with Crippen LogP contribution in [0.4, 0.5) is 0 Å². The lowest BCUT2D eigenvalue weighted by Crippen LogP contribution is -2.54. The number of hydrogen-bond acceptors (Lipinski definition) is 10. The van der Waals surface area contributed by atoms with Gasteiger partial charge in [0.1, 0.15) is 5.52 Å². The summed E-state index contributed by atoms with van der Waals surface area (Å²) < 4.78 is 32.7. The molecule has 1 saturated heterocycles. The topological polar surface area (TPSA) is 124 Å². The fourth-order valence-corrected chi connectivity index (χ4v) is 6.73. The van der Waals surface area contributed by atoms with Gasteiger partial charge in [-0.3, -0.25) is 4.57 Å². The number of ether oxygens (including phenoxy) is 4. The molecule has 0 bridgehead atoms. The first-order chi connectivity index (χ1) is 21.1. The van der Waals surface area contributed by atoms with E-state index < -0.39 is 44.3 Å². The van der Waals surface area contributed by atoms with E-state index in [2.05, 4.69) is 48.8 Å². The number of hydrogen-bond donors (Lipinski definition) is 0. The monoisotopic (exact) mass is 660 g/mol. The highest BCUT2D eigenvalue weighted by Gasteiger charge is 2.54. The lowest BCUT2D eigenvalue weighted by Gasteiger charge is -2.40. The van der Waals surface area contributed by atoms with Crippen LogP contribution in [-0.4, -0.2) is 77.4 Å². The number of benzene rings is 1. The van der Waals surface area contributed by atoms with E-state index in [9.17, 15) is 9.59 Å². The van der Waals surface area contributed by atoms with E-state index in [0.717, 1.165) is 0 Å². The van der Waals surface area contributed by atoms with Gasteiger partial charge in [0.15, 0.2) is 20.2 Å². The standard InChI is InChI=1S/C32H45ClN4O7Si/c1-10-40-28(38)32(29(39)41-11-2,17-22-15-13-12-14-16-22)42-18-23-20(3)25(44-45(8,9)31(5,6)7)27(43-23)37-19-34-24-21(4)35-30(33)36-26(24)37/h12-16,19-20,23,25,27H,10-11,17-18H2,1-9H3/t20-,23-,25?,27-/m1/s1. The lowest BCUT2D eigenvalue weighted by molar-refractivity contribution is -0.196. The van der Waals surface area contributed by atoms with Crippen molar-refractivity contribution < 1.29 is 33.0 Å². The van der Waals surface area contributed by atoms with Crippen molar-refractivity contribution >= 4 is 43.0 Å². The smallest absolute Gasteiger partial charge is 0.350 e. The fourth-order valence-electron chi connectivity index (χ4n) is 5.16. The third-order valence-corrected chi connectivity index (χ3v) is 13.4. The van der Waals surface area contributed by atoms with Crippen molar-refractivity contribution in [2.75, 3.05) is 19.8 Å². The van der Waals surface area contributed by atoms with E-state index in [1.54, 1.807) is 20.2 Å². The molecular weight excluding hydrogens is 616 g/mol. The first kappa shape index (κ1) is 35.0. The number of fused-ring (bicyclic) bond motifs is 1. The molecule has 4 atom stereocenters. The van der Waals surface area contributed by atoms with Crippen LogP contribution in [0.2, 0.25) is 23.4 Å². The van der Waals surface area contributed by atoms with Gasteiger partial charge in [-0.1, -0.05) is 58.0 Å². The Morgan fingerprint density at radius 1 is 1.04 bits per heavy atom. The van der Waals surface area contributed by atoms with Gasteiger partial charge in [-0.25, -0.2) is 19.6 Å². The maximum atomic E-state index is 13.5. The molecule has 1 unspecified atom stereocenters. The van der Waals surface area contributed by atoms with E-state index in [1.165, 1.54) is 0 Å². The summed E-state index contributed by atoms with van der Waals surface area (Å²) in [5, 5.41) is 0.0213. The Kier molecular flexibility index (Phi) is 10.8. The summed E-state index contributed by atoms with van der Waals surface area (Å²) in [4.78, 5) is 40.4. The second-order valence-corrected chi connectivity index (χ2v) is 18.0. The average molecular weight is 661 g/mol. The Bertz CT molecular complexity index is 1480. The first-order valence-electron chi connectivity index (χ1n) is 15.4. The van der Waals surface area contributed by atoms with Crippen LogP contribution in [-0.2, 0) is 39.4 Å². The summed E-state index contributed by atoms with van der Waals surface area (Å²) in [6, 6.07) is 9.17. The van der Waals surface area contributed by atoms with E-state index >= 15 is 0 Å². The van der Waals surface area contributed by atoms with E-state index in [0.29, 0.717) is 22.4 Å². The Hall–Kier alpha value is -2.90. The molecule has 11 nitrogen and oxygen atoms in total. The molecule has 45 heavy (non-hydrogen) atoms. The molecule has 4 rings (SSSR count). The molecule has 2 aromatic heterocycles. The van der Waals surface area contributed by atoms with Crippen LogP contribution in [0.25, 0.3) is 11.2 Å². The molecule has 0 spiro atoms. The summed E-state index contributed by atoms with van der Waals surface area (Å²) in [5.74, 6) is -1.85. The summed E-state index contributed by atoms with van der Waals surface area (Å²) in [5.41, 5.74) is 0.447. The molecule has 0 N–H and O–H groups in total. The van der Waals surface area contributed by atoms with Crippen molar-refractivity contribution in [2.24, 2.45) is 5.92 Å². The first-order valence-corrected chi connectivity index (χ1v) is 18.7. The van der Waals surface area contributed by atoms with Crippen LogP contribution in [0.15, 0.2) is 36.7 Å². The summed E-state index contributed by atoms with van der Waals surface area (Å²) in [7, 11) is -2.31. The summed E-state index contributed by atoms with van der Waals surface area (Å²) >= 11 is 6.26. The molecule has 13 heteroatoms. The van der Waals surface area contributed by atoms with Crippen LogP contribution in [0.1, 0.15) is 59.0 Å². The van der Waals surface area contributed by atoms with Gasteiger partial charge in [-0.05, 0) is 56.1 Å². The highest BCUT2D eigenvalue weighted by atomic mass is 35.5. The van der Waals surface area contributed by atoms with Crippen molar-refractivity contribution in [3.63, 3.8) is 0 Å². The zero-order valence-electron chi connectivity index (χ0n) is 27.6. The minimum Gasteiger partial charge on any atom is -0.463 e. The third-order valence-electron chi connectivity index (χ3n) is 8.78. The second-order valence-electron chi connectivity index (χ2n) is 12.9. The molecule has 0 aliphatic carbocycles. The zero-order chi connectivity index (χ0) is 33.2. The number of aromatic nitrogens is 4. The van der Waals surface area contributed by atoms with Crippen molar-refractivity contribution in [1.82, 2.24) is 19.5 Å². The Morgan fingerprint density at radius 2 is 1.67 bits per heavy atom. The Labute approximate surface area is 271 Å². The maximum Gasteiger partial charge on any atom is 0.350 e. The maximum absolute atomic E-state index is 13.5. The van der Waals surface area contributed by atoms with Crippen LogP contribution in [0.5, 0.6) is 0 Å². The van der Waals surface area contributed by atoms with Crippen molar-refractivity contribution in [1.29, 1.82) is 0 Å².